The van der Waals surface area contributed by atoms with E-state index in [1.54, 1.807) is 0 Å². The molecule has 0 saturated heterocycles. The van der Waals surface area contributed by atoms with Crippen LogP contribution in [0.3, 0.4) is 0 Å². The standard InChI is InChI=1S/C8H9ClO/c9-7-5-3-1-2-4-6(5)8(7)10/h1,3,5-7H,2,4H2/t5-,6+,7+/m1/s1. The third kappa shape index (κ3) is 0.671. The average molecular weight is 157 g/mol. The van der Waals surface area contributed by atoms with Crippen LogP contribution in [0.2, 0.25) is 0 Å². The number of fused-ring (bicyclic) bond motifs is 1. The largest absolute Gasteiger partial charge is 0.298 e. The van der Waals surface area contributed by atoms with Crippen LogP contribution < -0.4 is 0 Å². The Morgan fingerprint density at radius 1 is 1.60 bits per heavy atom. The number of hydrogen-bond acceptors (Lipinski definition) is 1. The number of carbonyl (C=O) groups is 1. The molecule has 2 aliphatic carbocycles. The quantitative estimate of drug-likeness (QED) is 0.386. The number of halogens is 1. The third-order valence-electron chi connectivity index (χ3n) is 2.44. The van der Waals surface area contributed by atoms with Gasteiger partial charge in [-0.3, -0.25) is 4.79 Å². The topological polar surface area (TPSA) is 17.1 Å². The Kier molecular flexibility index (Phi) is 1.34. The summed E-state index contributed by atoms with van der Waals surface area (Å²) in [5.41, 5.74) is 0. The van der Waals surface area contributed by atoms with E-state index in [0.29, 0.717) is 5.92 Å². The van der Waals surface area contributed by atoms with Gasteiger partial charge in [0.05, 0.1) is 5.38 Å². The number of alkyl halides is 1. The predicted octanol–water partition coefficient (Wildman–Crippen LogP) is 1.76. The zero-order chi connectivity index (χ0) is 7.14. The molecule has 0 radical (unpaired) electrons. The zero-order valence-corrected chi connectivity index (χ0v) is 6.34. The van der Waals surface area contributed by atoms with Crippen LogP contribution in [-0.4, -0.2) is 11.2 Å². The first-order valence-electron chi connectivity index (χ1n) is 3.65. The van der Waals surface area contributed by atoms with Crippen molar-refractivity contribution >= 4 is 17.4 Å². The lowest BCUT2D eigenvalue weighted by atomic mass is 9.67. The molecular formula is C8H9ClO. The van der Waals surface area contributed by atoms with E-state index in [9.17, 15) is 4.79 Å². The normalized spacial score (nSPS) is 44.5. The maximum absolute atomic E-state index is 11.0. The fourth-order valence-electron chi connectivity index (χ4n) is 1.76. The highest BCUT2D eigenvalue weighted by Crippen LogP contribution is 2.41. The van der Waals surface area contributed by atoms with Crippen LogP contribution in [0.4, 0.5) is 0 Å². The average Bonchev–Trinajstić information content (AvgIpc) is 2.03. The molecule has 0 amide bonds. The third-order valence-corrected chi connectivity index (χ3v) is 2.95. The molecule has 2 heteroatoms. The van der Waals surface area contributed by atoms with Gasteiger partial charge in [0.25, 0.3) is 0 Å². The second-order valence-corrected chi connectivity index (χ2v) is 3.46. The molecule has 0 unspecified atom stereocenters. The van der Waals surface area contributed by atoms with Crippen molar-refractivity contribution in [3.8, 4) is 0 Å². The van der Waals surface area contributed by atoms with Gasteiger partial charge >= 0.3 is 0 Å². The first-order valence-corrected chi connectivity index (χ1v) is 4.09. The summed E-state index contributed by atoms with van der Waals surface area (Å²) in [7, 11) is 0. The second kappa shape index (κ2) is 2.09. The Bertz CT molecular complexity index is 197. The van der Waals surface area contributed by atoms with Crippen molar-refractivity contribution in [2.75, 3.05) is 0 Å². The molecule has 54 valence electrons. The summed E-state index contributed by atoms with van der Waals surface area (Å²) in [6, 6.07) is 0. The number of ketones is 1. The maximum Gasteiger partial charge on any atom is 0.155 e. The van der Waals surface area contributed by atoms with Crippen molar-refractivity contribution in [2.24, 2.45) is 11.8 Å². The van der Waals surface area contributed by atoms with Crippen molar-refractivity contribution in [1.82, 2.24) is 0 Å². The summed E-state index contributed by atoms with van der Waals surface area (Å²) < 4.78 is 0. The molecule has 0 aromatic rings. The van der Waals surface area contributed by atoms with Crippen molar-refractivity contribution in [3.05, 3.63) is 12.2 Å². The lowest BCUT2D eigenvalue weighted by molar-refractivity contribution is -0.132. The molecule has 1 saturated carbocycles. The first-order chi connectivity index (χ1) is 4.80. The smallest absolute Gasteiger partial charge is 0.155 e. The van der Waals surface area contributed by atoms with Crippen molar-refractivity contribution in [3.63, 3.8) is 0 Å². The van der Waals surface area contributed by atoms with E-state index >= 15 is 0 Å². The summed E-state index contributed by atoms with van der Waals surface area (Å²) in [6.45, 7) is 0. The summed E-state index contributed by atoms with van der Waals surface area (Å²) in [4.78, 5) is 11.0. The van der Waals surface area contributed by atoms with Crippen molar-refractivity contribution < 1.29 is 4.79 Å². The molecule has 0 N–H and O–H groups in total. The Morgan fingerprint density at radius 3 is 3.10 bits per heavy atom. The molecular weight excluding hydrogens is 148 g/mol. The highest BCUT2D eigenvalue weighted by molar-refractivity contribution is 6.34. The van der Waals surface area contributed by atoms with Gasteiger partial charge in [0.2, 0.25) is 0 Å². The fraction of sp³-hybridized carbons (Fsp3) is 0.625. The molecule has 1 fully saturated rings. The molecule has 3 atom stereocenters. The SMILES string of the molecule is O=C1[C@@H](Cl)[C@@H]2C=CCC[C@H]12. The molecule has 2 aliphatic rings. The van der Waals surface area contributed by atoms with Crippen LogP contribution in [0.15, 0.2) is 12.2 Å². The van der Waals surface area contributed by atoms with Gasteiger partial charge in [0.1, 0.15) is 0 Å². The van der Waals surface area contributed by atoms with E-state index < -0.39 is 0 Å². The second-order valence-electron chi connectivity index (χ2n) is 2.99. The summed E-state index contributed by atoms with van der Waals surface area (Å²) >= 11 is 5.77. The monoisotopic (exact) mass is 156 g/mol. The van der Waals surface area contributed by atoms with Crippen LogP contribution in [0.25, 0.3) is 0 Å². The molecule has 0 aromatic carbocycles. The Hall–Kier alpha value is -0.300. The molecule has 0 bridgehead atoms. The van der Waals surface area contributed by atoms with E-state index in [-0.39, 0.29) is 17.1 Å². The Morgan fingerprint density at radius 2 is 2.40 bits per heavy atom. The van der Waals surface area contributed by atoms with E-state index in [4.69, 9.17) is 11.6 Å². The molecule has 0 aromatic heterocycles. The first kappa shape index (κ1) is 6.41. The van der Waals surface area contributed by atoms with Crippen LogP contribution >= 0.6 is 11.6 Å². The summed E-state index contributed by atoms with van der Waals surface area (Å²) in [5.74, 6) is 0.895. The van der Waals surface area contributed by atoms with E-state index in [1.807, 2.05) is 0 Å². The minimum absolute atomic E-state index is 0.207. The molecule has 0 heterocycles. The van der Waals surface area contributed by atoms with Gasteiger partial charge < -0.3 is 0 Å². The van der Waals surface area contributed by atoms with Gasteiger partial charge in [-0.25, -0.2) is 0 Å². The van der Waals surface area contributed by atoms with Crippen molar-refractivity contribution in [2.45, 2.75) is 18.2 Å². The lowest BCUT2D eigenvalue weighted by Crippen LogP contribution is -2.48. The van der Waals surface area contributed by atoms with Gasteiger partial charge in [0, 0.05) is 11.8 Å². The minimum atomic E-state index is -0.207. The van der Waals surface area contributed by atoms with E-state index in [1.165, 1.54) is 0 Å². The summed E-state index contributed by atoms with van der Waals surface area (Å²) in [6.07, 6.45) is 6.29. The number of Topliss-reactive ketones (excluding diaryl/α,β-unsaturated/α-hetero) is 1. The zero-order valence-electron chi connectivity index (χ0n) is 5.59. The van der Waals surface area contributed by atoms with Crippen LogP contribution in [-0.2, 0) is 4.79 Å². The van der Waals surface area contributed by atoms with Crippen LogP contribution in [0.1, 0.15) is 12.8 Å². The van der Waals surface area contributed by atoms with E-state index in [2.05, 4.69) is 12.2 Å². The van der Waals surface area contributed by atoms with Gasteiger partial charge in [-0.2, -0.15) is 0 Å². The summed E-state index contributed by atoms with van der Waals surface area (Å²) in [5, 5.41) is -0.207. The van der Waals surface area contributed by atoms with Crippen molar-refractivity contribution in [1.29, 1.82) is 0 Å². The van der Waals surface area contributed by atoms with E-state index in [0.717, 1.165) is 12.8 Å². The van der Waals surface area contributed by atoms with Gasteiger partial charge in [-0.05, 0) is 12.8 Å². The predicted molar refractivity (Wildman–Crippen MR) is 40.0 cm³/mol. The Labute approximate surface area is 65.1 Å². The Balaban J connectivity index is 2.18. The molecule has 0 aliphatic heterocycles. The molecule has 10 heavy (non-hydrogen) atoms. The fourth-order valence-corrected chi connectivity index (χ4v) is 2.19. The highest BCUT2D eigenvalue weighted by Gasteiger charge is 2.47. The molecule has 2 rings (SSSR count). The van der Waals surface area contributed by atoms with Gasteiger partial charge in [-0.15, -0.1) is 11.6 Å². The number of rotatable bonds is 0. The van der Waals surface area contributed by atoms with Gasteiger partial charge in [0.15, 0.2) is 5.78 Å². The minimum Gasteiger partial charge on any atom is -0.298 e. The number of carbonyl (C=O) groups excluding carboxylic acids is 1. The lowest BCUT2D eigenvalue weighted by Gasteiger charge is -2.39. The molecule has 0 spiro atoms. The highest BCUT2D eigenvalue weighted by atomic mass is 35.5. The molecule has 1 nitrogen and oxygen atoms in total. The van der Waals surface area contributed by atoms with Crippen LogP contribution in [0, 0.1) is 11.8 Å². The van der Waals surface area contributed by atoms with Gasteiger partial charge in [-0.1, -0.05) is 12.2 Å². The number of allylic oxidation sites excluding steroid dienone is 2. The van der Waals surface area contributed by atoms with Crippen LogP contribution in [0.5, 0.6) is 0 Å². The maximum atomic E-state index is 11.0. The number of hydrogen-bond donors (Lipinski definition) is 0.